The van der Waals surface area contributed by atoms with Crippen molar-refractivity contribution in [3.8, 4) is 0 Å². The van der Waals surface area contributed by atoms with E-state index in [0.29, 0.717) is 16.3 Å². The molecule has 25 heavy (non-hydrogen) atoms. The fourth-order valence-electron chi connectivity index (χ4n) is 2.21. The van der Waals surface area contributed by atoms with Crippen LogP contribution in [0, 0.1) is 13.8 Å². The summed E-state index contributed by atoms with van der Waals surface area (Å²) >= 11 is 7.31. The highest BCUT2D eigenvalue weighted by Gasteiger charge is 2.15. The summed E-state index contributed by atoms with van der Waals surface area (Å²) in [6, 6.07) is 8.40. The molecule has 132 valence electrons. The molecule has 7 heteroatoms. The van der Waals surface area contributed by atoms with Crippen molar-refractivity contribution in [2.24, 2.45) is 0 Å². The van der Waals surface area contributed by atoms with E-state index in [0.717, 1.165) is 9.75 Å². The maximum absolute atomic E-state index is 12.1. The number of carbonyl (C=O) groups is 3. The topological polar surface area (TPSA) is 72.5 Å². The van der Waals surface area contributed by atoms with E-state index >= 15 is 0 Å². The van der Waals surface area contributed by atoms with Gasteiger partial charge in [-0.15, -0.1) is 11.3 Å². The standard InChI is InChI=1S/C18H18ClNO4S/c1-11-9-15(12(2)25-11)16(21)7-8-18(23)24-10-17(22)20-14-5-3-13(19)4-6-14/h3-6,9H,7-8,10H2,1-2H3,(H,20,22). The number of thiophene rings is 1. The van der Waals surface area contributed by atoms with Crippen molar-refractivity contribution in [3.63, 3.8) is 0 Å². The third kappa shape index (κ3) is 5.99. The predicted octanol–water partition coefficient (Wildman–Crippen LogP) is 4.16. The number of nitrogens with one attached hydrogen (secondary N) is 1. The van der Waals surface area contributed by atoms with Crippen LogP contribution in [0.25, 0.3) is 0 Å². The summed E-state index contributed by atoms with van der Waals surface area (Å²) in [5, 5.41) is 3.15. The molecule has 0 atom stereocenters. The van der Waals surface area contributed by atoms with Gasteiger partial charge < -0.3 is 10.1 Å². The Balaban J connectivity index is 1.73. The second-order valence-electron chi connectivity index (χ2n) is 5.47. The van der Waals surface area contributed by atoms with Crippen molar-refractivity contribution >= 4 is 46.3 Å². The van der Waals surface area contributed by atoms with Crippen LogP contribution in [0.5, 0.6) is 0 Å². The molecule has 0 unspecified atom stereocenters. The van der Waals surface area contributed by atoms with Gasteiger partial charge in [0, 0.05) is 32.4 Å². The number of hydrogen-bond acceptors (Lipinski definition) is 5. The third-order valence-electron chi connectivity index (χ3n) is 3.39. The van der Waals surface area contributed by atoms with Gasteiger partial charge in [-0.3, -0.25) is 14.4 Å². The molecule has 0 bridgehead atoms. The Morgan fingerprint density at radius 2 is 1.80 bits per heavy atom. The summed E-state index contributed by atoms with van der Waals surface area (Å²) in [7, 11) is 0. The molecular weight excluding hydrogens is 362 g/mol. The highest BCUT2D eigenvalue weighted by Crippen LogP contribution is 2.22. The summed E-state index contributed by atoms with van der Waals surface area (Å²) in [6.07, 6.45) is 0.00996. The first-order chi connectivity index (χ1) is 11.8. The molecule has 0 aliphatic heterocycles. The van der Waals surface area contributed by atoms with Crippen LogP contribution in [0.4, 0.5) is 5.69 Å². The fraction of sp³-hybridized carbons (Fsp3) is 0.278. The summed E-state index contributed by atoms with van der Waals surface area (Å²) in [4.78, 5) is 37.5. The minimum absolute atomic E-state index is 0.0542. The maximum Gasteiger partial charge on any atom is 0.306 e. The highest BCUT2D eigenvalue weighted by molar-refractivity contribution is 7.12. The number of ketones is 1. The average Bonchev–Trinajstić information content (AvgIpc) is 2.91. The average molecular weight is 380 g/mol. The van der Waals surface area contributed by atoms with Gasteiger partial charge in [0.1, 0.15) is 0 Å². The van der Waals surface area contributed by atoms with E-state index in [2.05, 4.69) is 5.32 Å². The molecular formula is C18H18ClNO4S. The lowest BCUT2D eigenvalue weighted by Gasteiger charge is -2.06. The van der Waals surface area contributed by atoms with Gasteiger partial charge in [-0.1, -0.05) is 11.6 Å². The van der Waals surface area contributed by atoms with Crippen LogP contribution in [0.1, 0.15) is 33.0 Å². The second-order valence-corrected chi connectivity index (χ2v) is 7.36. The summed E-state index contributed by atoms with van der Waals surface area (Å²) < 4.78 is 4.89. The number of esters is 1. The SMILES string of the molecule is Cc1cc(C(=O)CCC(=O)OCC(=O)Nc2ccc(Cl)cc2)c(C)s1. The number of ether oxygens (including phenoxy) is 1. The van der Waals surface area contributed by atoms with Gasteiger partial charge in [0.05, 0.1) is 6.42 Å². The predicted molar refractivity (Wildman–Crippen MR) is 98.4 cm³/mol. The molecule has 0 fully saturated rings. The Bertz CT molecular complexity index is 783. The zero-order valence-corrected chi connectivity index (χ0v) is 15.5. The Kier molecular flexibility index (Phi) is 6.73. The molecule has 1 amide bonds. The number of carbonyl (C=O) groups excluding carboxylic acids is 3. The molecule has 1 heterocycles. The zero-order chi connectivity index (χ0) is 18.4. The van der Waals surface area contributed by atoms with Crippen molar-refractivity contribution in [2.75, 3.05) is 11.9 Å². The van der Waals surface area contributed by atoms with E-state index in [1.807, 2.05) is 19.9 Å². The Hall–Kier alpha value is -2.18. The van der Waals surface area contributed by atoms with Crippen molar-refractivity contribution in [3.05, 3.63) is 50.7 Å². The summed E-state index contributed by atoms with van der Waals surface area (Å²) in [5.41, 5.74) is 1.21. The Morgan fingerprint density at radius 3 is 2.40 bits per heavy atom. The first-order valence-corrected chi connectivity index (χ1v) is 8.86. The smallest absolute Gasteiger partial charge is 0.306 e. The molecule has 0 radical (unpaired) electrons. The highest BCUT2D eigenvalue weighted by atomic mass is 35.5. The third-order valence-corrected chi connectivity index (χ3v) is 4.61. The lowest BCUT2D eigenvalue weighted by molar-refractivity contribution is -0.147. The number of halogens is 1. The molecule has 2 aromatic rings. The van der Waals surface area contributed by atoms with E-state index in [-0.39, 0.29) is 18.6 Å². The molecule has 2 rings (SSSR count). The van der Waals surface area contributed by atoms with Crippen LogP contribution in [0.15, 0.2) is 30.3 Å². The van der Waals surface area contributed by atoms with Gasteiger partial charge in [0.2, 0.25) is 0 Å². The number of rotatable bonds is 7. The van der Waals surface area contributed by atoms with Gasteiger partial charge in [0.15, 0.2) is 12.4 Å². The molecule has 0 aliphatic rings. The molecule has 0 saturated heterocycles. The van der Waals surface area contributed by atoms with Crippen molar-refractivity contribution < 1.29 is 19.1 Å². The first-order valence-electron chi connectivity index (χ1n) is 7.66. The normalized spacial score (nSPS) is 10.4. The van der Waals surface area contributed by atoms with Crippen LogP contribution < -0.4 is 5.32 Å². The van der Waals surface area contributed by atoms with Crippen molar-refractivity contribution in [1.29, 1.82) is 0 Å². The molecule has 1 aromatic carbocycles. The fourth-order valence-corrected chi connectivity index (χ4v) is 3.27. The van der Waals surface area contributed by atoms with E-state index in [1.54, 1.807) is 35.6 Å². The Morgan fingerprint density at radius 1 is 1.12 bits per heavy atom. The van der Waals surface area contributed by atoms with Crippen molar-refractivity contribution in [2.45, 2.75) is 26.7 Å². The summed E-state index contributed by atoms with van der Waals surface area (Å²) in [5.74, 6) is -1.13. The van der Waals surface area contributed by atoms with E-state index in [9.17, 15) is 14.4 Å². The largest absolute Gasteiger partial charge is 0.456 e. The molecule has 1 aromatic heterocycles. The van der Waals surface area contributed by atoms with Crippen LogP contribution in [0.3, 0.4) is 0 Å². The Labute approximate surface area is 154 Å². The molecule has 0 aliphatic carbocycles. The van der Waals surface area contributed by atoms with Crippen LogP contribution in [0.2, 0.25) is 5.02 Å². The van der Waals surface area contributed by atoms with Gasteiger partial charge in [-0.2, -0.15) is 0 Å². The van der Waals surface area contributed by atoms with Gasteiger partial charge in [-0.25, -0.2) is 0 Å². The molecule has 5 nitrogen and oxygen atoms in total. The quantitative estimate of drug-likeness (QED) is 0.579. The zero-order valence-electron chi connectivity index (χ0n) is 13.9. The number of Topliss-reactive ketones (excluding diaryl/α,β-unsaturated/α-hetero) is 1. The van der Waals surface area contributed by atoms with Gasteiger partial charge >= 0.3 is 5.97 Å². The number of anilines is 1. The number of benzene rings is 1. The lowest BCUT2D eigenvalue weighted by Crippen LogP contribution is -2.21. The van der Waals surface area contributed by atoms with Crippen LogP contribution >= 0.6 is 22.9 Å². The molecule has 1 N–H and O–H groups in total. The van der Waals surface area contributed by atoms with E-state index in [4.69, 9.17) is 16.3 Å². The minimum atomic E-state index is -0.579. The number of hydrogen-bond donors (Lipinski definition) is 1. The molecule has 0 spiro atoms. The number of amides is 1. The minimum Gasteiger partial charge on any atom is -0.456 e. The lowest BCUT2D eigenvalue weighted by atomic mass is 10.1. The van der Waals surface area contributed by atoms with Gasteiger partial charge in [0.25, 0.3) is 5.91 Å². The van der Waals surface area contributed by atoms with E-state index < -0.39 is 18.5 Å². The first kappa shape index (κ1) is 19.1. The van der Waals surface area contributed by atoms with Gasteiger partial charge in [-0.05, 0) is 44.2 Å². The van der Waals surface area contributed by atoms with Crippen LogP contribution in [-0.2, 0) is 14.3 Å². The summed E-state index contributed by atoms with van der Waals surface area (Å²) in [6.45, 7) is 3.42. The van der Waals surface area contributed by atoms with E-state index in [1.165, 1.54) is 0 Å². The molecule has 0 saturated carbocycles. The van der Waals surface area contributed by atoms with Crippen molar-refractivity contribution in [1.82, 2.24) is 0 Å². The monoisotopic (exact) mass is 379 g/mol. The maximum atomic E-state index is 12.1. The second kappa shape index (κ2) is 8.78. The van der Waals surface area contributed by atoms with Crippen LogP contribution in [-0.4, -0.2) is 24.3 Å². The number of aryl methyl sites for hydroxylation is 2.